The molecule has 1 radical (unpaired) electrons. The Morgan fingerprint density at radius 2 is 1.67 bits per heavy atom. The van der Waals surface area contributed by atoms with Crippen LogP contribution >= 0.6 is 0 Å². The number of hydrogen-bond donors (Lipinski definition) is 0. The molecule has 0 aromatic heterocycles. The SMILES string of the molecule is C=C(c1ccccc1[Si](C)C)C(C)(C)C. The molecule has 15 heavy (non-hydrogen) atoms. The molecule has 1 heteroatoms. The van der Waals surface area contributed by atoms with Gasteiger partial charge in [0.05, 0.1) is 8.80 Å². The van der Waals surface area contributed by atoms with Crippen LogP contribution in [-0.4, -0.2) is 8.80 Å². The van der Waals surface area contributed by atoms with Crippen molar-refractivity contribution in [2.75, 3.05) is 0 Å². The summed E-state index contributed by atoms with van der Waals surface area (Å²) in [6, 6.07) is 8.70. The Hall–Kier alpha value is -0.823. The molecule has 0 nitrogen and oxygen atoms in total. The molecule has 0 saturated heterocycles. The molecule has 0 N–H and O–H groups in total. The zero-order valence-electron chi connectivity index (χ0n) is 10.5. The van der Waals surface area contributed by atoms with Gasteiger partial charge in [-0.1, -0.05) is 69.9 Å². The Morgan fingerprint density at radius 3 is 2.13 bits per heavy atom. The van der Waals surface area contributed by atoms with Crippen LogP contribution in [0.2, 0.25) is 13.1 Å². The molecule has 0 aliphatic rings. The summed E-state index contributed by atoms with van der Waals surface area (Å²) < 4.78 is 0. The Balaban J connectivity index is 3.20. The van der Waals surface area contributed by atoms with Gasteiger partial charge >= 0.3 is 0 Å². The van der Waals surface area contributed by atoms with Crippen molar-refractivity contribution in [3.05, 3.63) is 36.4 Å². The monoisotopic (exact) mass is 217 g/mol. The molecule has 0 aliphatic heterocycles. The zero-order valence-corrected chi connectivity index (χ0v) is 11.5. The van der Waals surface area contributed by atoms with Gasteiger partial charge in [-0.15, -0.1) is 0 Å². The first-order valence-corrected chi connectivity index (χ1v) is 7.93. The molecular weight excluding hydrogens is 196 g/mol. The summed E-state index contributed by atoms with van der Waals surface area (Å²) in [5.41, 5.74) is 2.78. The maximum Gasteiger partial charge on any atom is 0.0799 e. The van der Waals surface area contributed by atoms with E-state index in [1.165, 1.54) is 16.3 Å². The van der Waals surface area contributed by atoms with Crippen LogP contribution in [0.15, 0.2) is 30.8 Å². The average molecular weight is 217 g/mol. The fourth-order valence-corrected chi connectivity index (χ4v) is 2.79. The van der Waals surface area contributed by atoms with Crippen molar-refractivity contribution in [2.45, 2.75) is 33.9 Å². The van der Waals surface area contributed by atoms with Crippen molar-refractivity contribution >= 4 is 19.6 Å². The molecular formula is C14H21Si. The van der Waals surface area contributed by atoms with Crippen LogP contribution in [0.1, 0.15) is 26.3 Å². The summed E-state index contributed by atoms with van der Waals surface area (Å²) in [5.74, 6) is 0. The minimum atomic E-state index is -0.407. The third-order valence-electron chi connectivity index (χ3n) is 2.70. The summed E-state index contributed by atoms with van der Waals surface area (Å²) >= 11 is 0. The van der Waals surface area contributed by atoms with E-state index in [1.54, 1.807) is 0 Å². The van der Waals surface area contributed by atoms with Gasteiger partial charge in [0.25, 0.3) is 0 Å². The Bertz CT molecular complexity index is 356. The molecule has 0 unspecified atom stereocenters. The molecule has 1 aromatic rings. The van der Waals surface area contributed by atoms with Gasteiger partial charge in [-0.05, 0) is 16.6 Å². The lowest BCUT2D eigenvalue weighted by Crippen LogP contribution is -2.28. The van der Waals surface area contributed by atoms with Crippen molar-refractivity contribution in [1.82, 2.24) is 0 Å². The third-order valence-corrected chi connectivity index (χ3v) is 4.21. The van der Waals surface area contributed by atoms with E-state index in [0.29, 0.717) is 0 Å². The topological polar surface area (TPSA) is 0 Å². The first-order chi connectivity index (χ1) is 6.84. The van der Waals surface area contributed by atoms with E-state index in [-0.39, 0.29) is 5.41 Å². The van der Waals surface area contributed by atoms with Crippen LogP contribution in [0.25, 0.3) is 5.57 Å². The van der Waals surface area contributed by atoms with E-state index in [2.05, 4.69) is 64.7 Å². The van der Waals surface area contributed by atoms with Crippen LogP contribution in [-0.2, 0) is 0 Å². The Labute approximate surface area is 95.6 Å². The van der Waals surface area contributed by atoms with Crippen molar-refractivity contribution < 1.29 is 0 Å². The van der Waals surface area contributed by atoms with E-state index in [9.17, 15) is 0 Å². The molecule has 0 fully saturated rings. The lowest BCUT2D eigenvalue weighted by molar-refractivity contribution is 0.568. The third kappa shape index (κ3) is 2.82. The van der Waals surface area contributed by atoms with E-state index < -0.39 is 8.80 Å². The zero-order chi connectivity index (χ0) is 11.6. The maximum absolute atomic E-state index is 4.26. The van der Waals surface area contributed by atoms with Crippen LogP contribution in [0.3, 0.4) is 0 Å². The molecule has 0 atom stereocenters. The van der Waals surface area contributed by atoms with Gasteiger partial charge < -0.3 is 0 Å². The second-order valence-corrected chi connectivity index (χ2v) is 7.81. The second kappa shape index (κ2) is 4.36. The smallest absolute Gasteiger partial charge is 0.0799 e. The molecule has 1 rings (SSSR count). The highest BCUT2D eigenvalue weighted by molar-refractivity contribution is 6.71. The van der Waals surface area contributed by atoms with Crippen LogP contribution in [0, 0.1) is 5.41 Å². The van der Waals surface area contributed by atoms with Crippen molar-refractivity contribution in [2.24, 2.45) is 5.41 Å². The predicted molar refractivity (Wildman–Crippen MR) is 72.0 cm³/mol. The number of benzene rings is 1. The summed E-state index contributed by atoms with van der Waals surface area (Å²) in [4.78, 5) is 0. The highest BCUT2D eigenvalue weighted by Crippen LogP contribution is 2.31. The van der Waals surface area contributed by atoms with Crippen LogP contribution < -0.4 is 5.19 Å². The van der Waals surface area contributed by atoms with Gasteiger partial charge in [0.15, 0.2) is 0 Å². The van der Waals surface area contributed by atoms with E-state index in [1.807, 2.05) is 0 Å². The molecule has 0 spiro atoms. The van der Waals surface area contributed by atoms with Gasteiger partial charge in [-0.25, -0.2) is 0 Å². The first kappa shape index (κ1) is 12.2. The van der Waals surface area contributed by atoms with Gasteiger partial charge in [-0.2, -0.15) is 0 Å². The minimum Gasteiger partial charge on any atom is -0.0947 e. The van der Waals surface area contributed by atoms with E-state index >= 15 is 0 Å². The second-order valence-electron chi connectivity index (χ2n) is 5.27. The molecule has 0 saturated carbocycles. The largest absolute Gasteiger partial charge is 0.0947 e. The van der Waals surface area contributed by atoms with Gasteiger partial charge in [0, 0.05) is 0 Å². The van der Waals surface area contributed by atoms with E-state index in [4.69, 9.17) is 0 Å². The van der Waals surface area contributed by atoms with E-state index in [0.717, 1.165) is 0 Å². The standard InChI is InChI=1S/C14H21Si/c1-11(14(2,3)4)12-9-7-8-10-13(12)15(5)6/h7-10H,1H2,2-6H3. The highest BCUT2D eigenvalue weighted by Gasteiger charge is 2.19. The first-order valence-electron chi connectivity index (χ1n) is 5.43. The fraction of sp³-hybridized carbons (Fsp3) is 0.429. The number of allylic oxidation sites excluding steroid dienone is 1. The summed E-state index contributed by atoms with van der Waals surface area (Å²) in [6.07, 6.45) is 0. The average Bonchev–Trinajstić information content (AvgIpc) is 2.15. The molecule has 81 valence electrons. The molecule has 0 aliphatic carbocycles. The molecule has 1 aromatic carbocycles. The predicted octanol–water partition coefficient (Wildman–Crippen LogP) is 3.71. The van der Waals surface area contributed by atoms with Gasteiger partial charge in [0.1, 0.15) is 0 Å². The molecule has 0 amide bonds. The number of rotatable bonds is 2. The Kier molecular flexibility index (Phi) is 3.56. The quantitative estimate of drug-likeness (QED) is 0.663. The van der Waals surface area contributed by atoms with Crippen molar-refractivity contribution in [3.63, 3.8) is 0 Å². The minimum absolute atomic E-state index is 0.160. The molecule has 0 bridgehead atoms. The summed E-state index contributed by atoms with van der Waals surface area (Å²) in [6.45, 7) is 15.6. The summed E-state index contributed by atoms with van der Waals surface area (Å²) in [5, 5.41) is 1.50. The molecule has 0 heterocycles. The lowest BCUT2D eigenvalue weighted by atomic mass is 9.83. The maximum atomic E-state index is 4.26. The van der Waals surface area contributed by atoms with Crippen LogP contribution in [0.5, 0.6) is 0 Å². The number of hydrogen-bond acceptors (Lipinski definition) is 0. The van der Waals surface area contributed by atoms with Gasteiger partial charge in [-0.3, -0.25) is 0 Å². The fourth-order valence-electron chi connectivity index (χ4n) is 1.59. The van der Waals surface area contributed by atoms with Crippen molar-refractivity contribution in [3.8, 4) is 0 Å². The normalized spacial score (nSPS) is 11.9. The lowest BCUT2D eigenvalue weighted by Gasteiger charge is -2.25. The Morgan fingerprint density at radius 1 is 1.13 bits per heavy atom. The summed E-state index contributed by atoms with van der Waals surface area (Å²) in [7, 11) is -0.407. The van der Waals surface area contributed by atoms with Crippen molar-refractivity contribution in [1.29, 1.82) is 0 Å². The van der Waals surface area contributed by atoms with Gasteiger partial charge in [0.2, 0.25) is 0 Å². The van der Waals surface area contributed by atoms with Crippen LogP contribution in [0.4, 0.5) is 0 Å². The highest BCUT2D eigenvalue weighted by atomic mass is 28.3.